The zero-order valence-electron chi connectivity index (χ0n) is 15.3. The number of benzene rings is 1. The van der Waals surface area contributed by atoms with Crippen LogP contribution in [0.1, 0.15) is 24.5 Å². The van der Waals surface area contributed by atoms with Gasteiger partial charge in [0.05, 0.1) is 22.3 Å². The highest BCUT2D eigenvalue weighted by atomic mass is 127. The first-order valence-corrected chi connectivity index (χ1v) is 9.68. The van der Waals surface area contributed by atoms with Crippen LogP contribution in [0.5, 0.6) is 5.75 Å². The fourth-order valence-electron chi connectivity index (χ4n) is 2.19. The maximum atomic E-state index is 6.12. The van der Waals surface area contributed by atoms with Gasteiger partial charge in [0.25, 0.3) is 0 Å². The van der Waals surface area contributed by atoms with Crippen molar-refractivity contribution in [1.82, 2.24) is 15.6 Å². The molecule has 0 aliphatic carbocycles. The van der Waals surface area contributed by atoms with E-state index in [1.807, 2.05) is 45.0 Å². The highest BCUT2D eigenvalue weighted by molar-refractivity contribution is 14.0. The van der Waals surface area contributed by atoms with Gasteiger partial charge in [-0.05, 0) is 32.9 Å². The molecule has 0 aliphatic heterocycles. The highest BCUT2D eigenvalue weighted by Crippen LogP contribution is 2.24. The van der Waals surface area contributed by atoms with E-state index in [1.165, 1.54) is 0 Å². The Bertz CT molecular complexity index is 695. The lowest BCUT2D eigenvalue weighted by atomic mass is 10.3. The standard InChI is InChI=1S/C18H25ClN4OS.HI/c1-4-20-18(21-10-9-15-12-25-14(3)23-15)22-11-13(2)24-17-8-6-5-7-16(17)19;/h5-8,12-13H,4,9-11H2,1-3H3,(H2,20,21,22);1H. The third-order valence-corrected chi connectivity index (χ3v) is 4.49. The van der Waals surface area contributed by atoms with E-state index in [1.54, 1.807) is 11.3 Å². The summed E-state index contributed by atoms with van der Waals surface area (Å²) >= 11 is 7.80. The van der Waals surface area contributed by atoms with Gasteiger partial charge < -0.3 is 15.4 Å². The van der Waals surface area contributed by atoms with Crippen LogP contribution in [0.2, 0.25) is 5.02 Å². The molecule has 5 nitrogen and oxygen atoms in total. The molecular formula is C18H26ClIN4OS. The molecule has 2 aromatic rings. The van der Waals surface area contributed by atoms with E-state index < -0.39 is 0 Å². The van der Waals surface area contributed by atoms with Crippen molar-refractivity contribution in [1.29, 1.82) is 0 Å². The fourth-order valence-corrected chi connectivity index (χ4v) is 3.02. The lowest BCUT2D eigenvalue weighted by molar-refractivity contribution is 0.230. The van der Waals surface area contributed by atoms with Gasteiger partial charge in [0, 0.05) is 24.9 Å². The zero-order chi connectivity index (χ0) is 18.1. The molecule has 26 heavy (non-hydrogen) atoms. The summed E-state index contributed by atoms with van der Waals surface area (Å²) in [5, 5.41) is 10.4. The summed E-state index contributed by atoms with van der Waals surface area (Å²) in [5.74, 6) is 1.47. The molecule has 2 rings (SSSR count). The normalized spacial score (nSPS) is 12.2. The topological polar surface area (TPSA) is 58.5 Å². The largest absolute Gasteiger partial charge is 0.487 e. The minimum Gasteiger partial charge on any atom is -0.487 e. The van der Waals surface area contributed by atoms with Gasteiger partial charge in [0.2, 0.25) is 0 Å². The number of halogens is 2. The minimum absolute atomic E-state index is 0. The van der Waals surface area contributed by atoms with E-state index in [0.29, 0.717) is 17.3 Å². The number of aliphatic imine (C=N–C) groups is 1. The molecule has 1 atom stereocenters. The number of nitrogens with zero attached hydrogens (tertiary/aromatic N) is 2. The molecule has 0 bridgehead atoms. The molecule has 0 amide bonds. The number of ether oxygens (including phenoxy) is 1. The van der Waals surface area contributed by atoms with Crippen molar-refractivity contribution in [2.75, 3.05) is 19.6 Å². The Morgan fingerprint density at radius 1 is 1.35 bits per heavy atom. The molecule has 0 saturated heterocycles. The van der Waals surface area contributed by atoms with Crippen LogP contribution in [-0.4, -0.2) is 36.7 Å². The molecule has 0 saturated carbocycles. The van der Waals surface area contributed by atoms with Gasteiger partial charge in [-0.2, -0.15) is 0 Å². The van der Waals surface area contributed by atoms with Crippen LogP contribution in [-0.2, 0) is 6.42 Å². The van der Waals surface area contributed by atoms with Gasteiger partial charge in [-0.3, -0.25) is 0 Å². The Morgan fingerprint density at radius 2 is 2.12 bits per heavy atom. The van der Waals surface area contributed by atoms with Crippen LogP contribution < -0.4 is 15.4 Å². The van der Waals surface area contributed by atoms with Gasteiger partial charge in [-0.25, -0.2) is 9.98 Å². The maximum Gasteiger partial charge on any atom is 0.191 e. The second-order valence-electron chi connectivity index (χ2n) is 5.61. The third kappa shape index (κ3) is 8.09. The van der Waals surface area contributed by atoms with E-state index in [4.69, 9.17) is 16.3 Å². The van der Waals surface area contributed by atoms with Gasteiger partial charge >= 0.3 is 0 Å². The molecule has 1 unspecified atom stereocenters. The maximum absolute atomic E-state index is 6.12. The average molecular weight is 509 g/mol. The number of thiazole rings is 1. The third-order valence-electron chi connectivity index (χ3n) is 3.36. The number of rotatable bonds is 8. The Balaban J connectivity index is 0.00000338. The van der Waals surface area contributed by atoms with E-state index in [0.717, 1.165) is 36.2 Å². The second-order valence-corrected chi connectivity index (χ2v) is 7.08. The summed E-state index contributed by atoms with van der Waals surface area (Å²) < 4.78 is 5.85. The highest BCUT2D eigenvalue weighted by Gasteiger charge is 2.07. The molecule has 8 heteroatoms. The quantitative estimate of drug-likeness (QED) is 0.317. The molecule has 0 radical (unpaired) electrons. The second kappa shape index (κ2) is 12.3. The van der Waals surface area contributed by atoms with Crippen molar-refractivity contribution in [3.8, 4) is 5.75 Å². The summed E-state index contributed by atoms with van der Waals surface area (Å²) in [7, 11) is 0. The summed E-state index contributed by atoms with van der Waals surface area (Å²) in [6.07, 6.45) is 0.803. The van der Waals surface area contributed by atoms with Gasteiger partial charge in [0.15, 0.2) is 5.96 Å². The minimum atomic E-state index is -0.0726. The van der Waals surface area contributed by atoms with Crippen molar-refractivity contribution >= 4 is 52.9 Å². The molecule has 144 valence electrons. The number of nitrogens with one attached hydrogen (secondary N) is 2. The predicted octanol–water partition coefficient (Wildman–Crippen LogP) is 4.29. The molecule has 2 N–H and O–H groups in total. The van der Waals surface area contributed by atoms with E-state index in [9.17, 15) is 0 Å². The monoisotopic (exact) mass is 508 g/mol. The lowest BCUT2D eigenvalue weighted by Crippen LogP contribution is -2.39. The number of guanidine groups is 1. The van der Waals surface area contributed by atoms with Crippen LogP contribution in [0.25, 0.3) is 0 Å². The summed E-state index contributed by atoms with van der Waals surface area (Å²) in [4.78, 5) is 9.05. The summed E-state index contributed by atoms with van der Waals surface area (Å²) in [5.41, 5.74) is 1.11. The number of aromatic nitrogens is 1. The van der Waals surface area contributed by atoms with Crippen LogP contribution in [0, 0.1) is 6.92 Å². The first-order chi connectivity index (χ1) is 12.1. The Labute approximate surface area is 181 Å². The first kappa shape index (κ1) is 23.0. The number of aryl methyl sites for hydroxylation is 1. The molecule has 1 heterocycles. The van der Waals surface area contributed by atoms with Crippen molar-refractivity contribution < 1.29 is 4.74 Å². The smallest absolute Gasteiger partial charge is 0.191 e. The number of para-hydroxylation sites is 1. The van der Waals surface area contributed by atoms with E-state index >= 15 is 0 Å². The predicted molar refractivity (Wildman–Crippen MR) is 121 cm³/mol. The Hall–Kier alpha value is -1.06. The fraction of sp³-hybridized carbons (Fsp3) is 0.444. The summed E-state index contributed by atoms with van der Waals surface area (Å²) in [6.45, 7) is 8.18. The van der Waals surface area contributed by atoms with Gasteiger partial charge in [-0.15, -0.1) is 35.3 Å². The molecule has 0 aliphatic rings. The van der Waals surface area contributed by atoms with E-state index in [2.05, 4.69) is 26.0 Å². The summed E-state index contributed by atoms with van der Waals surface area (Å²) in [6, 6.07) is 7.47. The van der Waals surface area contributed by atoms with Crippen molar-refractivity contribution in [3.05, 3.63) is 45.4 Å². The van der Waals surface area contributed by atoms with E-state index in [-0.39, 0.29) is 30.1 Å². The lowest BCUT2D eigenvalue weighted by Gasteiger charge is -2.15. The molecule has 0 fully saturated rings. The zero-order valence-corrected chi connectivity index (χ0v) is 19.2. The van der Waals surface area contributed by atoms with Crippen LogP contribution in [0.15, 0.2) is 34.6 Å². The van der Waals surface area contributed by atoms with Gasteiger partial charge in [-0.1, -0.05) is 23.7 Å². The Kier molecular flexibility index (Phi) is 10.9. The number of hydrogen-bond donors (Lipinski definition) is 2. The molecule has 1 aromatic carbocycles. The van der Waals surface area contributed by atoms with Crippen molar-refractivity contribution in [3.63, 3.8) is 0 Å². The molecular weight excluding hydrogens is 483 g/mol. The number of hydrogen-bond acceptors (Lipinski definition) is 4. The van der Waals surface area contributed by atoms with Crippen molar-refractivity contribution in [2.24, 2.45) is 4.99 Å². The van der Waals surface area contributed by atoms with Crippen molar-refractivity contribution in [2.45, 2.75) is 33.3 Å². The molecule has 0 spiro atoms. The Morgan fingerprint density at radius 3 is 2.77 bits per heavy atom. The van der Waals surface area contributed by atoms with Crippen LogP contribution in [0.4, 0.5) is 0 Å². The van der Waals surface area contributed by atoms with Crippen LogP contribution in [0.3, 0.4) is 0 Å². The van der Waals surface area contributed by atoms with Crippen LogP contribution >= 0.6 is 46.9 Å². The first-order valence-electron chi connectivity index (χ1n) is 8.43. The SMILES string of the molecule is CCNC(=NCC(C)Oc1ccccc1Cl)NCCc1csc(C)n1.I. The van der Waals surface area contributed by atoms with Gasteiger partial charge in [0.1, 0.15) is 11.9 Å². The molecule has 1 aromatic heterocycles. The average Bonchev–Trinajstić information content (AvgIpc) is 3.00.